The molecule has 1 saturated carbocycles. The average molecular weight is 307 g/mol. The van der Waals surface area contributed by atoms with Gasteiger partial charge in [-0.15, -0.1) is 0 Å². The van der Waals surface area contributed by atoms with Crippen LogP contribution in [0.5, 0.6) is 0 Å². The van der Waals surface area contributed by atoms with E-state index in [9.17, 15) is 0 Å². The molecule has 0 unspecified atom stereocenters. The van der Waals surface area contributed by atoms with Crippen LogP contribution >= 0.6 is 0 Å². The van der Waals surface area contributed by atoms with Crippen molar-refractivity contribution in [2.45, 2.75) is 64.3 Å². The lowest BCUT2D eigenvalue weighted by Gasteiger charge is -2.42. The predicted molar refractivity (Wildman–Crippen MR) is 84.5 cm³/mol. The van der Waals surface area contributed by atoms with Crippen LogP contribution in [0.4, 0.5) is 0 Å². The van der Waals surface area contributed by atoms with Crippen molar-refractivity contribution in [3.05, 3.63) is 11.7 Å². The van der Waals surface area contributed by atoms with Gasteiger partial charge < -0.3 is 9.26 Å². The lowest BCUT2D eigenvalue weighted by atomic mass is 9.74. The van der Waals surface area contributed by atoms with Crippen LogP contribution in [-0.4, -0.2) is 41.8 Å². The van der Waals surface area contributed by atoms with Gasteiger partial charge in [0.2, 0.25) is 5.89 Å². The van der Waals surface area contributed by atoms with Gasteiger partial charge in [-0.2, -0.15) is 4.98 Å². The van der Waals surface area contributed by atoms with Crippen molar-refractivity contribution in [3.63, 3.8) is 0 Å². The Hall–Kier alpha value is -0.940. The van der Waals surface area contributed by atoms with Crippen molar-refractivity contribution in [2.24, 2.45) is 5.41 Å². The monoisotopic (exact) mass is 307 g/mol. The van der Waals surface area contributed by atoms with E-state index in [0.29, 0.717) is 12.0 Å². The third-order valence-electron chi connectivity index (χ3n) is 5.30. The minimum atomic E-state index is 0.563. The van der Waals surface area contributed by atoms with Gasteiger partial charge in [-0.25, -0.2) is 0 Å². The fourth-order valence-electron chi connectivity index (χ4n) is 4.17. The predicted octanol–water partition coefficient (Wildman–Crippen LogP) is 3.19. The van der Waals surface area contributed by atoms with E-state index in [1.807, 2.05) is 0 Å². The van der Waals surface area contributed by atoms with E-state index in [1.54, 1.807) is 7.11 Å². The Morgan fingerprint density at radius 1 is 1.14 bits per heavy atom. The van der Waals surface area contributed by atoms with Gasteiger partial charge in [0, 0.05) is 20.1 Å². The zero-order valence-electron chi connectivity index (χ0n) is 13.9. The number of rotatable bonds is 5. The van der Waals surface area contributed by atoms with Crippen LogP contribution in [0, 0.1) is 5.41 Å². The highest BCUT2D eigenvalue weighted by Gasteiger charge is 2.35. The molecule has 2 heterocycles. The molecule has 2 fully saturated rings. The SMILES string of the molecule is COCCc1noc(CN2CCCC3(CCCCCC3)C2)n1. The van der Waals surface area contributed by atoms with Crippen LogP contribution in [0.3, 0.4) is 0 Å². The topological polar surface area (TPSA) is 51.4 Å². The standard InChI is InChI=1S/C17H29N3O2/c1-21-12-7-15-18-16(22-19-15)13-20-11-6-10-17(14-20)8-4-2-3-5-9-17/h2-14H2,1H3. The first-order chi connectivity index (χ1) is 10.8. The van der Waals surface area contributed by atoms with Crippen LogP contribution in [0.1, 0.15) is 63.1 Å². The maximum absolute atomic E-state index is 5.41. The maximum atomic E-state index is 5.41. The average Bonchev–Trinajstić information content (AvgIpc) is 2.85. The van der Waals surface area contributed by atoms with Gasteiger partial charge in [0.05, 0.1) is 13.2 Å². The summed E-state index contributed by atoms with van der Waals surface area (Å²) in [6, 6.07) is 0. The first kappa shape index (κ1) is 15.9. The van der Waals surface area contributed by atoms with E-state index in [2.05, 4.69) is 15.0 Å². The molecule has 1 aromatic rings. The number of nitrogens with zero attached hydrogens (tertiary/aromatic N) is 3. The number of methoxy groups -OCH3 is 1. The zero-order valence-corrected chi connectivity index (χ0v) is 13.9. The Balaban J connectivity index is 1.56. The molecule has 22 heavy (non-hydrogen) atoms. The summed E-state index contributed by atoms with van der Waals surface area (Å²) in [5, 5.41) is 4.05. The highest BCUT2D eigenvalue weighted by Crippen LogP contribution is 2.42. The molecule has 1 aromatic heterocycles. The molecule has 5 nitrogen and oxygen atoms in total. The summed E-state index contributed by atoms with van der Waals surface area (Å²) in [5.41, 5.74) is 0.563. The van der Waals surface area contributed by atoms with E-state index >= 15 is 0 Å². The van der Waals surface area contributed by atoms with E-state index in [4.69, 9.17) is 9.26 Å². The van der Waals surface area contributed by atoms with Gasteiger partial charge >= 0.3 is 0 Å². The van der Waals surface area contributed by atoms with E-state index < -0.39 is 0 Å². The summed E-state index contributed by atoms with van der Waals surface area (Å²) in [7, 11) is 1.70. The molecule has 0 N–H and O–H groups in total. The molecule has 2 aliphatic rings. The van der Waals surface area contributed by atoms with Crippen LogP contribution in [0.15, 0.2) is 4.52 Å². The van der Waals surface area contributed by atoms with E-state index in [1.165, 1.54) is 57.9 Å². The Labute approximate surface area is 133 Å². The Bertz CT molecular complexity index is 453. The van der Waals surface area contributed by atoms with Crippen LogP contribution < -0.4 is 0 Å². The molecular formula is C17H29N3O2. The normalized spacial score (nSPS) is 22.8. The second-order valence-corrected chi connectivity index (χ2v) is 7.08. The largest absolute Gasteiger partial charge is 0.384 e. The summed E-state index contributed by atoms with van der Waals surface area (Å²) in [6.07, 6.45) is 11.9. The number of hydrogen-bond donors (Lipinski definition) is 0. The summed E-state index contributed by atoms with van der Waals surface area (Å²) in [5.74, 6) is 1.52. The second-order valence-electron chi connectivity index (χ2n) is 7.08. The molecule has 3 rings (SSSR count). The van der Waals surface area contributed by atoms with E-state index in [0.717, 1.165) is 31.2 Å². The summed E-state index contributed by atoms with van der Waals surface area (Å²) >= 11 is 0. The first-order valence-corrected chi connectivity index (χ1v) is 8.82. The van der Waals surface area contributed by atoms with Crippen molar-refractivity contribution in [1.82, 2.24) is 15.0 Å². The third kappa shape index (κ3) is 4.07. The number of hydrogen-bond acceptors (Lipinski definition) is 5. The summed E-state index contributed by atoms with van der Waals surface area (Å²) in [6.45, 7) is 3.83. The fraction of sp³-hybridized carbons (Fsp3) is 0.882. The zero-order chi connectivity index (χ0) is 15.3. The van der Waals surface area contributed by atoms with Gasteiger partial charge in [-0.05, 0) is 37.6 Å². The van der Waals surface area contributed by atoms with Crippen molar-refractivity contribution in [3.8, 4) is 0 Å². The molecular weight excluding hydrogens is 278 g/mol. The van der Waals surface area contributed by atoms with Crippen LogP contribution in [-0.2, 0) is 17.7 Å². The Kier molecular flexibility index (Phi) is 5.47. The molecule has 0 radical (unpaired) electrons. The number of aromatic nitrogens is 2. The molecule has 1 saturated heterocycles. The van der Waals surface area contributed by atoms with Gasteiger partial charge in [0.25, 0.3) is 0 Å². The van der Waals surface area contributed by atoms with E-state index in [-0.39, 0.29) is 0 Å². The van der Waals surface area contributed by atoms with Crippen LogP contribution in [0.25, 0.3) is 0 Å². The first-order valence-electron chi connectivity index (χ1n) is 8.82. The number of likely N-dealkylation sites (tertiary alicyclic amines) is 1. The van der Waals surface area contributed by atoms with Gasteiger partial charge in [0.1, 0.15) is 0 Å². The molecule has 0 amide bonds. The molecule has 0 aromatic carbocycles. The van der Waals surface area contributed by atoms with Crippen molar-refractivity contribution in [1.29, 1.82) is 0 Å². The number of piperidine rings is 1. The Morgan fingerprint density at radius 2 is 1.91 bits per heavy atom. The Morgan fingerprint density at radius 3 is 2.68 bits per heavy atom. The molecule has 1 aliphatic carbocycles. The summed E-state index contributed by atoms with van der Waals surface area (Å²) < 4.78 is 10.5. The van der Waals surface area contributed by atoms with Gasteiger partial charge in [0.15, 0.2) is 5.82 Å². The molecule has 0 bridgehead atoms. The quantitative estimate of drug-likeness (QED) is 0.836. The minimum absolute atomic E-state index is 0.563. The summed E-state index contributed by atoms with van der Waals surface area (Å²) in [4.78, 5) is 7.02. The fourth-order valence-corrected chi connectivity index (χ4v) is 4.17. The third-order valence-corrected chi connectivity index (χ3v) is 5.30. The molecule has 5 heteroatoms. The lowest BCUT2D eigenvalue weighted by molar-refractivity contribution is 0.0616. The molecule has 1 spiro atoms. The second kappa shape index (κ2) is 7.55. The smallest absolute Gasteiger partial charge is 0.240 e. The van der Waals surface area contributed by atoms with Crippen LogP contribution in [0.2, 0.25) is 0 Å². The minimum Gasteiger partial charge on any atom is -0.384 e. The molecule has 0 atom stereocenters. The lowest BCUT2D eigenvalue weighted by Crippen LogP contribution is -2.42. The van der Waals surface area contributed by atoms with Crippen molar-refractivity contribution in [2.75, 3.05) is 26.8 Å². The van der Waals surface area contributed by atoms with Crippen molar-refractivity contribution < 1.29 is 9.26 Å². The molecule has 1 aliphatic heterocycles. The highest BCUT2D eigenvalue weighted by molar-refractivity contribution is 4.92. The van der Waals surface area contributed by atoms with Gasteiger partial charge in [-0.1, -0.05) is 30.8 Å². The van der Waals surface area contributed by atoms with Crippen molar-refractivity contribution >= 4 is 0 Å². The maximum Gasteiger partial charge on any atom is 0.240 e. The number of ether oxygens (including phenoxy) is 1. The highest BCUT2D eigenvalue weighted by atomic mass is 16.5. The van der Waals surface area contributed by atoms with Gasteiger partial charge in [-0.3, -0.25) is 4.90 Å². The molecule has 124 valence electrons.